The van der Waals surface area contributed by atoms with E-state index in [1.54, 1.807) is 45.0 Å². The Hall–Kier alpha value is -2.70. The first-order valence-corrected chi connectivity index (χ1v) is 14.5. The molecular formula is C28H41N3O7S. The topological polar surface area (TPSA) is 97.8 Å². The van der Waals surface area contributed by atoms with Crippen LogP contribution >= 0.6 is 0 Å². The van der Waals surface area contributed by atoms with Crippen LogP contribution in [0, 0.1) is 13.8 Å². The van der Waals surface area contributed by atoms with Crippen LogP contribution in [-0.4, -0.2) is 109 Å². The summed E-state index contributed by atoms with van der Waals surface area (Å²) in [5, 5.41) is 0. The summed E-state index contributed by atoms with van der Waals surface area (Å²) in [5.41, 5.74) is 2.18. The van der Waals surface area contributed by atoms with Gasteiger partial charge in [0.1, 0.15) is 24.7 Å². The maximum absolute atomic E-state index is 13.1. The SMILES string of the molecule is COc1cc(C)c(S(=O)(=O)N(C)CCOCC(=O)N(C)Cc2cccc(OCCN3CCOCC3)c2)c(C)c1. The van der Waals surface area contributed by atoms with E-state index in [1.165, 1.54) is 11.4 Å². The molecule has 2 aromatic carbocycles. The second-order valence-corrected chi connectivity index (χ2v) is 11.7. The quantitative estimate of drug-likeness (QED) is 0.323. The highest BCUT2D eigenvalue weighted by Gasteiger charge is 2.25. The molecule has 0 saturated carbocycles. The minimum Gasteiger partial charge on any atom is -0.497 e. The van der Waals surface area contributed by atoms with Gasteiger partial charge in [-0.15, -0.1) is 0 Å². The van der Waals surface area contributed by atoms with Gasteiger partial charge in [-0.2, -0.15) is 4.31 Å². The third-order valence-electron chi connectivity index (χ3n) is 6.64. The number of sulfonamides is 1. The number of ether oxygens (including phenoxy) is 4. The first-order chi connectivity index (χ1) is 18.6. The van der Waals surface area contributed by atoms with Gasteiger partial charge in [-0.1, -0.05) is 12.1 Å². The number of amides is 1. The monoisotopic (exact) mass is 563 g/mol. The normalized spacial score (nSPS) is 14.4. The third-order valence-corrected chi connectivity index (χ3v) is 8.80. The van der Waals surface area contributed by atoms with Crippen LogP contribution < -0.4 is 9.47 Å². The molecule has 1 aliphatic rings. The molecule has 0 aliphatic carbocycles. The summed E-state index contributed by atoms with van der Waals surface area (Å²) in [4.78, 5) is 16.8. The lowest BCUT2D eigenvalue weighted by Crippen LogP contribution is -2.38. The second-order valence-electron chi connectivity index (χ2n) is 9.67. The van der Waals surface area contributed by atoms with Gasteiger partial charge >= 0.3 is 0 Å². The average Bonchev–Trinajstić information content (AvgIpc) is 2.91. The van der Waals surface area contributed by atoms with E-state index >= 15 is 0 Å². The molecule has 1 heterocycles. The van der Waals surface area contributed by atoms with Crippen LogP contribution in [0.5, 0.6) is 11.5 Å². The van der Waals surface area contributed by atoms with Gasteiger partial charge in [0.15, 0.2) is 0 Å². The number of carbonyl (C=O) groups excluding carboxylic acids is 1. The number of hydrogen-bond donors (Lipinski definition) is 0. The van der Waals surface area contributed by atoms with E-state index in [0.29, 0.717) is 30.0 Å². The Labute approximate surface area is 232 Å². The number of carbonyl (C=O) groups is 1. The Morgan fingerprint density at radius 3 is 2.38 bits per heavy atom. The number of nitrogens with zero attached hydrogens (tertiary/aromatic N) is 3. The zero-order valence-electron chi connectivity index (χ0n) is 23.6. The Morgan fingerprint density at radius 2 is 1.72 bits per heavy atom. The van der Waals surface area contributed by atoms with Crippen molar-refractivity contribution in [3.63, 3.8) is 0 Å². The van der Waals surface area contributed by atoms with Crippen molar-refractivity contribution in [1.29, 1.82) is 0 Å². The molecule has 1 saturated heterocycles. The van der Waals surface area contributed by atoms with Crippen LogP contribution in [0.1, 0.15) is 16.7 Å². The second kappa shape index (κ2) is 14.6. The van der Waals surface area contributed by atoms with Crippen molar-refractivity contribution >= 4 is 15.9 Å². The first kappa shape index (κ1) is 30.8. The summed E-state index contributed by atoms with van der Waals surface area (Å²) in [6.45, 7) is 8.78. The van der Waals surface area contributed by atoms with Crippen molar-refractivity contribution < 1.29 is 32.2 Å². The van der Waals surface area contributed by atoms with Crippen LogP contribution in [0.15, 0.2) is 41.3 Å². The molecule has 0 aromatic heterocycles. The maximum Gasteiger partial charge on any atom is 0.248 e. The predicted molar refractivity (Wildman–Crippen MR) is 149 cm³/mol. The van der Waals surface area contributed by atoms with E-state index in [2.05, 4.69) is 4.90 Å². The van der Waals surface area contributed by atoms with E-state index in [4.69, 9.17) is 18.9 Å². The summed E-state index contributed by atoms with van der Waals surface area (Å²) in [6.07, 6.45) is 0. The number of morpholine rings is 1. The Bertz CT molecular complexity index is 1180. The molecule has 1 amide bonds. The molecule has 0 N–H and O–H groups in total. The molecule has 11 heteroatoms. The molecule has 1 aliphatic heterocycles. The predicted octanol–water partition coefficient (Wildman–Crippen LogP) is 2.32. The third kappa shape index (κ3) is 8.91. The van der Waals surface area contributed by atoms with Crippen LogP contribution in [0.2, 0.25) is 0 Å². The van der Waals surface area contributed by atoms with Gasteiger partial charge in [-0.05, 0) is 54.8 Å². The minimum atomic E-state index is -3.72. The van der Waals surface area contributed by atoms with E-state index < -0.39 is 10.0 Å². The molecule has 10 nitrogen and oxygen atoms in total. The number of benzene rings is 2. The summed E-state index contributed by atoms with van der Waals surface area (Å²) < 4.78 is 49.5. The molecule has 1 fully saturated rings. The summed E-state index contributed by atoms with van der Waals surface area (Å²) >= 11 is 0. The molecular weight excluding hydrogens is 522 g/mol. The van der Waals surface area contributed by atoms with E-state index in [0.717, 1.165) is 44.2 Å². The molecule has 3 rings (SSSR count). The van der Waals surface area contributed by atoms with Gasteiger partial charge < -0.3 is 23.8 Å². The molecule has 0 bridgehead atoms. The summed E-state index contributed by atoms with van der Waals surface area (Å²) in [5.74, 6) is 1.19. The Kier molecular flexibility index (Phi) is 11.6. The number of methoxy groups -OCH3 is 1. The fourth-order valence-electron chi connectivity index (χ4n) is 4.39. The lowest BCUT2D eigenvalue weighted by atomic mass is 10.1. The van der Waals surface area contributed by atoms with Crippen molar-refractivity contribution in [1.82, 2.24) is 14.1 Å². The summed E-state index contributed by atoms with van der Waals surface area (Å²) in [6, 6.07) is 11.1. The van der Waals surface area contributed by atoms with Crippen LogP contribution in [0.25, 0.3) is 0 Å². The Morgan fingerprint density at radius 1 is 1.03 bits per heavy atom. The highest BCUT2D eigenvalue weighted by molar-refractivity contribution is 7.89. The lowest BCUT2D eigenvalue weighted by Gasteiger charge is -2.26. The zero-order valence-corrected chi connectivity index (χ0v) is 24.5. The molecule has 0 unspecified atom stereocenters. The van der Waals surface area contributed by atoms with Crippen molar-refractivity contribution in [2.45, 2.75) is 25.3 Å². The minimum absolute atomic E-state index is 0.0933. The molecule has 2 aromatic rings. The number of likely N-dealkylation sites (N-methyl/N-ethyl adjacent to an activating group) is 2. The van der Waals surface area contributed by atoms with Crippen LogP contribution in [0.3, 0.4) is 0 Å². The van der Waals surface area contributed by atoms with Gasteiger partial charge in [0.05, 0.1) is 31.8 Å². The standard InChI is InChI=1S/C28H41N3O7S/c1-22-17-26(35-5)18-23(2)28(22)39(33,34)30(4)9-13-37-21-27(32)29(3)20-24-7-6-8-25(19-24)38-16-12-31-10-14-36-15-11-31/h6-8,17-19H,9-16,20-21H2,1-5H3. The van der Waals surface area contributed by atoms with E-state index in [-0.39, 0.29) is 30.6 Å². The fraction of sp³-hybridized carbons (Fsp3) is 0.536. The van der Waals surface area contributed by atoms with E-state index in [1.807, 2.05) is 24.3 Å². The van der Waals surface area contributed by atoms with Crippen molar-refractivity contribution in [3.8, 4) is 11.5 Å². The largest absolute Gasteiger partial charge is 0.497 e. The van der Waals surface area contributed by atoms with Gasteiger partial charge in [-0.3, -0.25) is 9.69 Å². The van der Waals surface area contributed by atoms with Crippen molar-refractivity contribution in [3.05, 3.63) is 53.1 Å². The van der Waals surface area contributed by atoms with Gasteiger partial charge in [-0.25, -0.2) is 8.42 Å². The maximum atomic E-state index is 13.1. The molecule has 0 radical (unpaired) electrons. The average molecular weight is 564 g/mol. The highest BCUT2D eigenvalue weighted by atomic mass is 32.2. The highest BCUT2D eigenvalue weighted by Crippen LogP contribution is 2.27. The molecule has 0 spiro atoms. The number of rotatable bonds is 14. The smallest absolute Gasteiger partial charge is 0.248 e. The Balaban J connectivity index is 1.42. The first-order valence-electron chi connectivity index (χ1n) is 13.1. The van der Waals surface area contributed by atoms with Gasteiger partial charge in [0.25, 0.3) is 0 Å². The van der Waals surface area contributed by atoms with Crippen LogP contribution in [-0.2, 0) is 30.8 Å². The van der Waals surface area contributed by atoms with Crippen molar-refractivity contribution in [2.24, 2.45) is 0 Å². The lowest BCUT2D eigenvalue weighted by molar-refractivity contribution is -0.135. The molecule has 216 valence electrons. The van der Waals surface area contributed by atoms with Gasteiger partial charge in [0.2, 0.25) is 15.9 Å². The fourth-order valence-corrected chi connectivity index (χ4v) is 5.95. The zero-order chi connectivity index (χ0) is 28.4. The number of aryl methyl sites for hydroxylation is 2. The van der Waals surface area contributed by atoms with Crippen molar-refractivity contribution in [2.75, 3.05) is 80.4 Å². The molecule has 39 heavy (non-hydrogen) atoms. The summed E-state index contributed by atoms with van der Waals surface area (Å²) in [7, 11) is 1.05. The van der Waals surface area contributed by atoms with Gasteiger partial charge in [0, 0.05) is 46.8 Å². The van der Waals surface area contributed by atoms with E-state index in [9.17, 15) is 13.2 Å². The van der Waals surface area contributed by atoms with Crippen LogP contribution in [0.4, 0.5) is 0 Å². The number of hydrogen-bond acceptors (Lipinski definition) is 8. The molecule has 0 atom stereocenters.